The summed E-state index contributed by atoms with van der Waals surface area (Å²) in [5.41, 5.74) is 7.23. The molecule has 90 valence electrons. The average molecular weight is 233 g/mol. The van der Waals surface area contributed by atoms with Gasteiger partial charge in [0.25, 0.3) is 0 Å². The SMILES string of the molecule is CN(C(=O)C(N)CO)c1c[nH]c2ccccc12. The summed E-state index contributed by atoms with van der Waals surface area (Å²) in [6, 6.07) is 6.81. The van der Waals surface area contributed by atoms with Crippen molar-refractivity contribution in [3.05, 3.63) is 30.5 Å². The maximum atomic E-state index is 11.8. The first kappa shape index (κ1) is 11.6. The highest BCUT2D eigenvalue weighted by atomic mass is 16.3. The van der Waals surface area contributed by atoms with Crippen LogP contribution in [0.5, 0.6) is 0 Å². The second-order valence-corrected chi connectivity index (χ2v) is 3.91. The van der Waals surface area contributed by atoms with Crippen molar-refractivity contribution in [2.24, 2.45) is 5.73 Å². The van der Waals surface area contributed by atoms with Gasteiger partial charge in [0.2, 0.25) is 5.91 Å². The molecule has 1 heterocycles. The summed E-state index contributed by atoms with van der Waals surface area (Å²) in [6.45, 7) is -0.356. The third kappa shape index (κ3) is 2.02. The lowest BCUT2D eigenvalue weighted by Gasteiger charge is -2.19. The quantitative estimate of drug-likeness (QED) is 0.720. The van der Waals surface area contributed by atoms with Crippen LogP contribution in [0.1, 0.15) is 0 Å². The van der Waals surface area contributed by atoms with Crippen LogP contribution in [-0.2, 0) is 4.79 Å². The Morgan fingerprint density at radius 1 is 1.53 bits per heavy atom. The van der Waals surface area contributed by atoms with Crippen LogP contribution in [0, 0.1) is 0 Å². The first-order valence-electron chi connectivity index (χ1n) is 5.35. The summed E-state index contributed by atoms with van der Waals surface area (Å²) in [4.78, 5) is 16.4. The number of nitrogens with one attached hydrogen (secondary N) is 1. The number of nitrogens with two attached hydrogens (primary N) is 1. The molecule has 0 fully saturated rings. The number of aliphatic hydroxyl groups excluding tert-OH is 1. The van der Waals surface area contributed by atoms with Gasteiger partial charge in [-0.2, -0.15) is 0 Å². The topological polar surface area (TPSA) is 82.3 Å². The fourth-order valence-electron chi connectivity index (χ4n) is 1.78. The van der Waals surface area contributed by atoms with Gasteiger partial charge in [0.05, 0.1) is 12.3 Å². The van der Waals surface area contributed by atoms with Crippen LogP contribution in [0.15, 0.2) is 30.5 Å². The summed E-state index contributed by atoms with van der Waals surface area (Å²) in [5, 5.41) is 9.84. The molecule has 0 aliphatic carbocycles. The zero-order chi connectivity index (χ0) is 12.4. The number of amides is 1. The molecule has 0 aliphatic heterocycles. The highest BCUT2D eigenvalue weighted by molar-refractivity contribution is 6.04. The van der Waals surface area contributed by atoms with Gasteiger partial charge in [-0.15, -0.1) is 0 Å². The van der Waals surface area contributed by atoms with Gasteiger partial charge in [-0.1, -0.05) is 18.2 Å². The Bertz CT molecular complexity index is 535. The Balaban J connectivity index is 2.37. The van der Waals surface area contributed by atoms with Crippen LogP contribution < -0.4 is 10.6 Å². The van der Waals surface area contributed by atoms with Crippen molar-refractivity contribution >= 4 is 22.5 Å². The van der Waals surface area contributed by atoms with Crippen LogP contribution in [-0.4, -0.2) is 35.7 Å². The largest absolute Gasteiger partial charge is 0.394 e. The second-order valence-electron chi connectivity index (χ2n) is 3.91. The lowest BCUT2D eigenvalue weighted by Crippen LogP contribution is -2.44. The van der Waals surface area contributed by atoms with E-state index in [9.17, 15) is 4.79 Å². The van der Waals surface area contributed by atoms with E-state index < -0.39 is 6.04 Å². The molecule has 5 heteroatoms. The standard InChI is InChI=1S/C12H15N3O2/c1-15(12(17)9(13)7-16)11-6-14-10-5-3-2-4-8(10)11/h2-6,9,14,16H,7,13H2,1H3. The number of likely N-dealkylation sites (N-methyl/N-ethyl adjacent to an activating group) is 1. The number of para-hydroxylation sites is 1. The van der Waals surface area contributed by atoms with Crippen LogP contribution in [0.4, 0.5) is 5.69 Å². The van der Waals surface area contributed by atoms with E-state index in [1.54, 1.807) is 13.2 Å². The maximum absolute atomic E-state index is 11.8. The summed E-state index contributed by atoms with van der Waals surface area (Å²) in [6.07, 6.45) is 1.76. The third-order valence-corrected chi connectivity index (χ3v) is 2.77. The van der Waals surface area contributed by atoms with Crippen molar-refractivity contribution in [3.63, 3.8) is 0 Å². The number of rotatable bonds is 3. The zero-order valence-electron chi connectivity index (χ0n) is 9.55. The number of nitrogens with zero attached hydrogens (tertiary/aromatic N) is 1. The van der Waals surface area contributed by atoms with Gasteiger partial charge < -0.3 is 20.7 Å². The second kappa shape index (κ2) is 4.57. The summed E-state index contributed by atoms with van der Waals surface area (Å²) < 4.78 is 0. The first-order valence-corrected chi connectivity index (χ1v) is 5.35. The van der Waals surface area contributed by atoms with Gasteiger partial charge in [0.15, 0.2) is 0 Å². The number of hydrogen-bond donors (Lipinski definition) is 3. The van der Waals surface area contributed by atoms with Gasteiger partial charge in [-0.05, 0) is 6.07 Å². The summed E-state index contributed by atoms with van der Waals surface area (Å²) >= 11 is 0. The van der Waals surface area contributed by atoms with E-state index in [-0.39, 0.29) is 12.5 Å². The van der Waals surface area contributed by atoms with Gasteiger partial charge in [0, 0.05) is 24.1 Å². The lowest BCUT2D eigenvalue weighted by atomic mass is 10.2. The Morgan fingerprint density at radius 2 is 2.24 bits per heavy atom. The number of aromatic amines is 1. The molecule has 5 nitrogen and oxygen atoms in total. The number of benzene rings is 1. The van der Waals surface area contributed by atoms with Crippen LogP contribution >= 0.6 is 0 Å². The van der Waals surface area contributed by atoms with E-state index in [1.807, 2.05) is 24.3 Å². The lowest BCUT2D eigenvalue weighted by molar-refractivity contribution is -0.120. The molecule has 0 bridgehead atoms. The number of aromatic nitrogens is 1. The molecule has 4 N–H and O–H groups in total. The van der Waals surface area contributed by atoms with E-state index in [0.29, 0.717) is 0 Å². The molecule has 0 spiro atoms. The van der Waals surface area contributed by atoms with E-state index in [0.717, 1.165) is 16.6 Å². The Labute approximate surface area is 98.8 Å². The number of hydrogen-bond acceptors (Lipinski definition) is 3. The minimum Gasteiger partial charge on any atom is -0.394 e. The Kier molecular flexibility index (Phi) is 3.12. The van der Waals surface area contributed by atoms with Gasteiger partial charge >= 0.3 is 0 Å². The first-order chi connectivity index (χ1) is 8.15. The van der Waals surface area contributed by atoms with Crippen molar-refractivity contribution < 1.29 is 9.90 Å². The van der Waals surface area contributed by atoms with E-state index in [2.05, 4.69) is 4.98 Å². The number of fused-ring (bicyclic) bond motifs is 1. The third-order valence-electron chi connectivity index (χ3n) is 2.77. The Hall–Kier alpha value is -1.85. The maximum Gasteiger partial charge on any atom is 0.246 e. The summed E-state index contributed by atoms with van der Waals surface area (Å²) in [5.74, 6) is -0.308. The van der Waals surface area contributed by atoms with E-state index >= 15 is 0 Å². The molecule has 1 unspecified atom stereocenters. The fraction of sp³-hybridized carbons (Fsp3) is 0.250. The molecule has 1 amide bonds. The zero-order valence-corrected chi connectivity index (χ0v) is 9.55. The van der Waals surface area contributed by atoms with Crippen molar-refractivity contribution in [1.82, 2.24) is 4.98 Å². The number of H-pyrrole nitrogens is 1. The van der Waals surface area contributed by atoms with Gasteiger partial charge in [-0.25, -0.2) is 0 Å². The Morgan fingerprint density at radius 3 is 2.94 bits per heavy atom. The fourth-order valence-corrected chi connectivity index (χ4v) is 1.78. The molecule has 1 atom stereocenters. The molecule has 0 saturated heterocycles. The highest BCUT2D eigenvalue weighted by Gasteiger charge is 2.20. The minimum atomic E-state index is -0.881. The molecule has 0 saturated carbocycles. The molecule has 1 aromatic heterocycles. The van der Waals surface area contributed by atoms with Gasteiger partial charge in [-0.3, -0.25) is 4.79 Å². The molecule has 2 rings (SSSR count). The van der Waals surface area contributed by atoms with Crippen LogP contribution in [0.3, 0.4) is 0 Å². The number of aliphatic hydroxyl groups is 1. The predicted octanol–water partition coefficient (Wildman–Crippen LogP) is 0.450. The molecule has 17 heavy (non-hydrogen) atoms. The van der Waals surface area contributed by atoms with Crippen LogP contribution in [0.2, 0.25) is 0 Å². The average Bonchev–Trinajstić information content (AvgIpc) is 2.79. The number of anilines is 1. The molecule has 0 aliphatic rings. The van der Waals surface area contributed by atoms with E-state index in [4.69, 9.17) is 10.8 Å². The predicted molar refractivity (Wildman–Crippen MR) is 66.8 cm³/mol. The van der Waals surface area contributed by atoms with Gasteiger partial charge in [0.1, 0.15) is 6.04 Å². The smallest absolute Gasteiger partial charge is 0.246 e. The van der Waals surface area contributed by atoms with E-state index in [1.165, 1.54) is 4.90 Å². The summed E-state index contributed by atoms with van der Waals surface area (Å²) in [7, 11) is 1.65. The monoisotopic (exact) mass is 233 g/mol. The van der Waals surface area contributed by atoms with Crippen molar-refractivity contribution in [3.8, 4) is 0 Å². The molecule has 0 radical (unpaired) electrons. The number of carbonyl (C=O) groups is 1. The van der Waals surface area contributed by atoms with Crippen molar-refractivity contribution in [2.45, 2.75) is 6.04 Å². The minimum absolute atomic E-state index is 0.308. The molecule has 1 aromatic carbocycles. The van der Waals surface area contributed by atoms with Crippen LogP contribution in [0.25, 0.3) is 10.9 Å². The molecular weight excluding hydrogens is 218 g/mol. The number of carbonyl (C=O) groups excluding carboxylic acids is 1. The van der Waals surface area contributed by atoms with Crippen molar-refractivity contribution in [2.75, 3.05) is 18.6 Å². The highest BCUT2D eigenvalue weighted by Crippen LogP contribution is 2.25. The molecule has 2 aromatic rings. The van der Waals surface area contributed by atoms with Crippen molar-refractivity contribution in [1.29, 1.82) is 0 Å². The molecular formula is C12H15N3O2. The normalized spacial score (nSPS) is 12.6.